The zero-order valence-electron chi connectivity index (χ0n) is 8.40. The molecule has 82 valence electrons. The summed E-state index contributed by atoms with van der Waals surface area (Å²) in [7, 11) is 0. The molecule has 0 aliphatic rings. The number of halogens is 1. The van der Waals surface area contributed by atoms with E-state index in [2.05, 4.69) is 31.4 Å². The molecule has 0 saturated heterocycles. The third-order valence-corrected chi connectivity index (χ3v) is 2.51. The highest BCUT2D eigenvalue weighted by Gasteiger charge is 2.11. The molecule has 0 atom stereocenters. The zero-order chi connectivity index (χ0) is 11.5. The van der Waals surface area contributed by atoms with Crippen molar-refractivity contribution in [3.63, 3.8) is 0 Å². The molecule has 5 nitrogen and oxygen atoms in total. The van der Waals surface area contributed by atoms with Gasteiger partial charge in [-0.15, -0.1) is 0 Å². The van der Waals surface area contributed by atoms with Crippen LogP contribution in [-0.2, 0) is 4.79 Å². The van der Waals surface area contributed by atoms with Crippen molar-refractivity contribution in [3.05, 3.63) is 28.7 Å². The standard InChI is InChI=1S/C10H8BrN3O2/c1-6(15)12-10-13-9(16-14-10)7-4-2-3-5-8(7)11/h2-5H,1H3,(H,12,14,15). The van der Waals surface area contributed by atoms with Gasteiger partial charge in [0.1, 0.15) is 0 Å². The van der Waals surface area contributed by atoms with Crippen LogP contribution in [0.5, 0.6) is 0 Å². The van der Waals surface area contributed by atoms with Gasteiger partial charge in [0.2, 0.25) is 5.91 Å². The smallest absolute Gasteiger partial charge is 0.270 e. The van der Waals surface area contributed by atoms with Crippen LogP contribution in [-0.4, -0.2) is 16.0 Å². The number of hydrogen-bond acceptors (Lipinski definition) is 4. The van der Waals surface area contributed by atoms with E-state index in [4.69, 9.17) is 4.52 Å². The molecule has 0 spiro atoms. The Kier molecular flexibility index (Phi) is 3.00. The number of amides is 1. The summed E-state index contributed by atoms with van der Waals surface area (Å²) < 4.78 is 5.88. The minimum atomic E-state index is -0.237. The summed E-state index contributed by atoms with van der Waals surface area (Å²) >= 11 is 3.38. The zero-order valence-corrected chi connectivity index (χ0v) is 9.98. The molecule has 0 unspecified atom stereocenters. The molecule has 1 heterocycles. The van der Waals surface area contributed by atoms with Gasteiger partial charge in [0, 0.05) is 11.4 Å². The summed E-state index contributed by atoms with van der Waals surface area (Å²) in [5.41, 5.74) is 0.784. The predicted molar refractivity (Wildman–Crippen MR) is 61.7 cm³/mol. The van der Waals surface area contributed by atoms with Crippen LogP contribution in [0.1, 0.15) is 6.92 Å². The SMILES string of the molecule is CC(=O)Nc1noc(-c2ccccc2Br)n1. The Labute approximate surface area is 100.0 Å². The molecule has 1 aromatic heterocycles. The van der Waals surface area contributed by atoms with E-state index >= 15 is 0 Å². The minimum Gasteiger partial charge on any atom is -0.332 e. The van der Waals surface area contributed by atoms with Gasteiger partial charge in [-0.3, -0.25) is 10.1 Å². The van der Waals surface area contributed by atoms with Crippen molar-refractivity contribution in [2.45, 2.75) is 6.92 Å². The Hall–Kier alpha value is -1.69. The van der Waals surface area contributed by atoms with Crippen molar-refractivity contribution in [1.29, 1.82) is 0 Å². The lowest BCUT2D eigenvalue weighted by atomic mass is 10.2. The maximum atomic E-state index is 10.8. The van der Waals surface area contributed by atoms with Gasteiger partial charge in [-0.1, -0.05) is 12.1 Å². The summed E-state index contributed by atoms with van der Waals surface area (Å²) in [6.45, 7) is 1.38. The van der Waals surface area contributed by atoms with Crippen LogP contribution in [0.25, 0.3) is 11.5 Å². The molecular weight excluding hydrogens is 274 g/mol. The number of hydrogen-bond donors (Lipinski definition) is 1. The molecular formula is C10H8BrN3O2. The fraction of sp³-hybridized carbons (Fsp3) is 0.100. The van der Waals surface area contributed by atoms with Crippen molar-refractivity contribution in [1.82, 2.24) is 10.1 Å². The average Bonchev–Trinajstić information content (AvgIpc) is 2.66. The quantitative estimate of drug-likeness (QED) is 0.918. The Morgan fingerprint density at radius 2 is 2.19 bits per heavy atom. The third-order valence-electron chi connectivity index (χ3n) is 1.82. The second kappa shape index (κ2) is 4.44. The molecule has 0 fully saturated rings. The van der Waals surface area contributed by atoms with Crippen LogP contribution in [0.15, 0.2) is 33.3 Å². The summed E-state index contributed by atoms with van der Waals surface area (Å²) in [4.78, 5) is 14.8. The highest BCUT2D eigenvalue weighted by molar-refractivity contribution is 9.10. The topological polar surface area (TPSA) is 68.0 Å². The van der Waals surface area contributed by atoms with Crippen molar-refractivity contribution < 1.29 is 9.32 Å². The molecule has 0 radical (unpaired) electrons. The van der Waals surface area contributed by atoms with Gasteiger partial charge < -0.3 is 4.52 Å². The number of aromatic nitrogens is 2. The van der Waals surface area contributed by atoms with Crippen LogP contribution >= 0.6 is 15.9 Å². The van der Waals surface area contributed by atoms with E-state index in [0.717, 1.165) is 10.0 Å². The Morgan fingerprint density at radius 1 is 1.44 bits per heavy atom. The first-order valence-electron chi connectivity index (χ1n) is 4.53. The number of benzene rings is 1. The Balaban J connectivity index is 2.32. The lowest BCUT2D eigenvalue weighted by molar-refractivity contribution is -0.114. The van der Waals surface area contributed by atoms with Crippen molar-refractivity contribution >= 4 is 27.8 Å². The molecule has 0 bridgehead atoms. The van der Waals surface area contributed by atoms with Crippen LogP contribution in [0.2, 0.25) is 0 Å². The summed E-state index contributed by atoms with van der Waals surface area (Å²) in [5.74, 6) is 0.286. The fourth-order valence-corrected chi connectivity index (χ4v) is 1.63. The Morgan fingerprint density at radius 3 is 2.88 bits per heavy atom. The van der Waals surface area contributed by atoms with Gasteiger partial charge in [-0.25, -0.2) is 0 Å². The van der Waals surface area contributed by atoms with Crippen molar-refractivity contribution in [2.24, 2.45) is 0 Å². The molecule has 1 N–H and O–H groups in total. The number of nitrogens with one attached hydrogen (secondary N) is 1. The van der Waals surface area contributed by atoms with Crippen LogP contribution in [0.4, 0.5) is 5.95 Å². The van der Waals surface area contributed by atoms with Gasteiger partial charge >= 0.3 is 0 Å². The maximum absolute atomic E-state index is 10.8. The van der Waals surface area contributed by atoms with E-state index in [0.29, 0.717) is 5.89 Å². The van der Waals surface area contributed by atoms with Crippen molar-refractivity contribution in [2.75, 3.05) is 5.32 Å². The molecule has 1 amide bonds. The normalized spacial score (nSPS) is 10.1. The second-order valence-corrected chi connectivity index (χ2v) is 3.94. The van der Waals surface area contributed by atoms with Gasteiger partial charge in [0.15, 0.2) is 0 Å². The fourth-order valence-electron chi connectivity index (χ4n) is 1.18. The minimum absolute atomic E-state index is 0.165. The predicted octanol–water partition coefficient (Wildman–Crippen LogP) is 2.46. The first-order chi connectivity index (χ1) is 7.66. The maximum Gasteiger partial charge on any atom is 0.270 e. The van der Waals surface area contributed by atoms with E-state index in [1.165, 1.54) is 6.92 Å². The summed E-state index contributed by atoms with van der Waals surface area (Å²) in [6.07, 6.45) is 0. The van der Waals surface area contributed by atoms with E-state index in [-0.39, 0.29) is 11.9 Å². The molecule has 16 heavy (non-hydrogen) atoms. The highest BCUT2D eigenvalue weighted by atomic mass is 79.9. The first kappa shape index (κ1) is 10.8. The number of carbonyl (C=O) groups excluding carboxylic acids is 1. The number of carbonyl (C=O) groups is 1. The van der Waals surface area contributed by atoms with E-state index < -0.39 is 0 Å². The number of nitrogens with zero attached hydrogens (tertiary/aromatic N) is 2. The van der Waals surface area contributed by atoms with Gasteiger partial charge in [-0.2, -0.15) is 4.98 Å². The molecule has 1 aromatic carbocycles. The molecule has 0 saturated carbocycles. The summed E-state index contributed by atoms with van der Waals surface area (Å²) in [5, 5.41) is 6.08. The number of anilines is 1. The monoisotopic (exact) mass is 281 g/mol. The van der Waals surface area contributed by atoms with Crippen molar-refractivity contribution in [3.8, 4) is 11.5 Å². The first-order valence-corrected chi connectivity index (χ1v) is 5.32. The lowest BCUT2D eigenvalue weighted by Crippen LogP contribution is -2.06. The molecule has 0 aliphatic heterocycles. The van der Waals surface area contributed by atoms with Gasteiger partial charge in [0.25, 0.3) is 11.8 Å². The van der Waals surface area contributed by atoms with Gasteiger partial charge in [0.05, 0.1) is 5.56 Å². The molecule has 0 aliphatic carbocycles. The molecule has 2 aromatic rings. The van der Waals surface area contributed by atoms with Crippen LogP contribution in [0.3, 0.4) is 0 Å². The second-order valence-electron chi connectivity index (χ2n) is 3.08. The van der Waals surface area contributed by atoms with E-state index in [1.807, 2.05) is 24.3 Å². The third kappa shape index (κ3) is 2.27. The lowest BCUT2D eigenvalue weighted by Gasteiger charge is -1.96. The molecule has 2 rings (SSSR count). The van der Waals surface area contributed by atoms with E-state index in [9.17, 15) is 4.79 Å². The highest BCUT2D eigenvalue weighted by Crippen LogP contribution is 2.26. The van der Waals surface area contributed by atoms with Crippen LogP contribution in [0, 0.1) is 0 Å². The number of rotatable bonds is 2. The van der Waals surface area contributed by atoms with Gasteiger partial charge in [-0.05, 0) is 33.2 Å². The van der Waals surface area contributed by atoms with Crippen LogP contribution < -0.4 is 5.32 Å². The molecule has 6 heteroatoms. The summed E-state index contributed by atoms with van der Waals surface area (Å²) in [6, 6.07) is 7.47. The average molecular weight is 282 g/mol. The Bertz CT molecular complexity index is 524. The largest absolute Gasteiger partial charge is 0.332 e. The van der Waals surface area contributed by atoms with E-state index in [1.54, 1.807) is 0 Å².